The van der Waals surface area contributed by atoms with Crippen LogP contribution in [0.2, 0.25) is 0 Å². The standard InChI is InChI=1S/C22H21F4N3O5/c1-10-9-33-17-15(28-5-2-11(8-28)21(27)3-4-21)7-14(23)12-6-13(18(30)29(10)16(12)17)19(31)34-20(32)22(24,25)26/h6-7,10-11H,2-5,8-9,27H2,1H3/t10-,11+/m0/s1. The van der Waals surface area contributed by atoms with Gasteiger partial charge in [0.25, 0.3) is 5.56 Å². The highest BCUT2D eigenvalue weighted by Crippen LogP contribution is 2.47. The van der Waals surface area contributed by atoms with Crippen molar-refractivity contribution >= 4 is 28.5 Å². The summed E-state index contributed by atoms with van der Waals surface area (Å²) in [6.07, 6.45) is -2.72. The molecule has 1 aliphatic carbocycles. The molecule has 1 aromatic carbocycles. The fourth-order valence-corrected chi connectivity index (χ4v) is 4.85. The van der Waals surface area contributed by atoms with Gasteiger partial charge < -0.3 is 20.1 Å². The van der Waals surface area contributed by atoms with Gasteiger partial charge in [-0.1, -0.05) is 0 Å². The highest BCUT2D eigenvalue weighted by molar-refractivity contribution is 6.02. The number of nitrogens with two attached hydrogens (primary N) is 1. The van der Waals surface area contributed by atoms with Gasteiger partial charge >= 0.3 is 18.1 Å². The first-order valence-corrected chi connectivity index (χ1v) is 10.8. The van der Waals surface area contributed by atoms with E-state index in [1.54, 1.807) is 6.92 Å². The summed E-state index contributed by atoms with van der Waals surface area (Å²) in [5.74, 6) is -4.87. The van der Waals surface area contributed by atoms with Crippen molar-refractivity contribution in [1.29, 1.82) is 0 Å². The second-order valence-corrected chi connectivity index (χ2v) is 9.20. The minimum absolute atomic E-state index is 0.0126. The van der Waals surface area contributed by atoms with Crippen molar-refractivity contribution in [3.63, 3.8) is 0 Å². The van der Waals surface area contributed by atoms with Crippen LogP contribution in [0.4, 0.5) is 23.2 Å². The number of esters is 2. The smallest absolute Gasteiger partial charge is 0.487 e. The molecule has 0 radical (unpaired) electrons. The van der Waals surface area contributed by atoms with Crippen LogP contribution in [0.3, 0.4) is 0 Å². The first-order chi connectivity index (χ1) is 15.9. The average molecular weight is 483 g/mol. The molecule has 12 heteroatoms. The Labute approximate surface area is 190 Å². The largest absolute Gasteiger partial charge is 0.491 e. The Bertz CT molecular complexity index is 1280. The monoisotopic (exact) mass is 483 g/mol. The Hall–Kier alpha value is -3.15. The minimum atomic E-state index is -5.43. The highest BCUT2D eigenvalue weighted by Gasteiger charge is 2.48. The molecule has 1 saturated carbocycles. The quantitative estimate of drug-likeness (QED) is 0.407. The van der Waals surface area contributed by atoms with Crippen molar-refractivity contribution in [3.8, 4) is 5.75 Å². The van der Waals surface area contributed by atoms with Crippen LogP contribution < -0.4 is 20.9 Å². The molecule has 182 valence electrons. The summed E-state index contributed by atoms with van der Waals surface area (Å²) in [5.41, 5.74) is 4.80. The number of alkyl halides is 3. The van der Waals surface area contributed by atoms with E-state index in [0.717, 1.165) is 29.9 Å². The molecule has 2 aromatic rings. The number of rotatable bonds is 3. The highest BCUT2D eigenvalue weighted by atomic mass is 19.4. The number of anilines is 1. The molecular weight excluding hydrogens is 462 g/mol. The number of carbonyl (C=O) groups is 2. The second kappa shape index (κ2) is 7.42. The molecule has 3 heterocycles. The Morgan fingerprint density at radius 3 is 2.62 bits per heavy atom. The van der Waals surface area contributed by atoms with Crippen LogP contribution in [0, 0.1) is 11.7 Å². The molecule has 5 rings (SSSR count). The van der Waals surface area contributed by atoms with E-state index in [-0.39, 0.29) is 34.7 Å². The Morgan fingerprint density at radius 2 is 1.97 bits per heavy atom. The molecule has 0 amide bonds. The molecule has 1 saturated heterocycles. The Kier molecular flexibility index (Phi) is 4.94. The van der Waals surface area contributed by atoms with Gasteiger partial charge in [0.1, 0.15) is 18.0 Å². The third kappa shape index (κ3) is 3.51. The van der Waals surface area contributed by atoms with E-state index in [1.807, 2.05) is 4.90 Å². The zero-order chi connectivity index (χ0) is 24.6. The van der Waals surface area contributed by atoms with Crippen LogP contribution in [0.15, 0.2) is 16.9 Å². The molecule has 1 aromatic heterocycles. The van der Waals surface area contributed by atoms with Crippen molar-refractivity contribution in [3.05, 3.63) is 33.9 Å². The molecule has 2 aliphatic heterocycles. The number of aromatic nitrogens is 1. The van der Waals surface area contributed by atoms with Gasteiger partial charge in [0, 0.05) is 30.1 Å². The fraction of sp³-hybridized carbons (Fsp3) is 0.500. The first-order valence-electron chi connectivity index (χ1n) is 10.8. The molecule has 34 heavy (non-hydrogen) atoms. The lowest BCUT2D eigenvalue weighted by Crippen LogP contribution is -2.37. The van der Waals surface area contributed by atoms with E-state index >= 15 is 4.39 Å². The zero-order valence-corrected chi connectivity index (χ0v) is 18.1. The van der Waals surface area contributed by atoms with Gasteiger partial charge in [-0.2, -0.15) is 13.2 Å². The maximum absolute atomic E-state index is 15.3. The molecule has 0 spiro atoms. The number of carbonyl (C=O) groups excluding carboxylic acids is 2. The molecule has 2 atom stereocenters. The van der Waals surface area contributed by atoms with Gasteiger partial charge in [0.05, 0.1) is 17.2 Å². The maximum atomic E-state index is 15.3. The van der Waals surface area contributed by atoms with E-state index in [9.17, 15) is 27.6 Å². The predicted molar refractivity (Wildman–Crippen MR) is 111 cm³/mol. The van der Waals surface area contributed by atoms with E-state index in [1.165, 1.54) is 6.07 Å². The number of hydrogen-bond acceptors (Lipinski definition) is 7. The Morgan fingerprint density at radius 1 is 1.26 bits per heavy atom. The normalized spacial score (nSPS) is 23.1. The van der Waals surface area contributed by atoms with Crippen LogP contribution in [0.25, 0.3) is 10.9 Å². The van der Waals surface area contributed by atoms with Crippen LogP contribution >= 0.6 is 0 Å². The topological polar surface area (TPSA) is 104 Å². The Balaban J connectivity index is 1.61. The van der Waals surface area contributed by atoms with Crippen molar-refractivity contribution < 1.29 is 36.6 Å². The van der Waals surface area contributed by atoms with E-state index in [0.29, 0.717) is 18.8 Å². The van der Waals surface area contributed by atoms with Crippen molar-refractivity contribution in [2.24, 2.45) is 11.7 Å². The van der Waals surface area contributed by atoms with E-state index in [2.05, 4.69) is 4.74 Å². The molecule has 2 N–H and O–H groups in total. The SMILES string of the molecule is C[C@H]1COc2c(N3CC[C@@H](C4(N)CC4)C3)cc(F)c3cc(C(=O)OC(=O)C(F)(F)F)c(=O)n1c23. The summed E-state index contributed by atoms with van der Waals surface area (Å²) in [4.78, 5) is 38.3. The van der Waals surface area contributed by atoms with Crippen molar-refractivity contribution in [1.82, 2.24) is 4.57 Å². The lowest BCUT2D eigenvalue weighted by molar-refractivity contribution is -0.193. The summed E-state index contributed by atoms with van der Waals surface area (Å²) in [6.45, 7) is 2.82. The molecule has 2 fully saturated rings. The van der Waals surface area contributed by atoms with Crippen LogP contribution in [0.5, 0.6) is 5.75 Å². The molecular formula is C22H21F4N3O5. The van der Waals surface area contributed by atoms with Crippen molar-refractivity contribution in [2.75, 3.05) is 24.6 Å². The number of ether oxygens (including phenoxy) is 2. The van der Waals surface area contributed by atoms with Gasteiger partial charge in [0.2, 0.25) is 0 Å². The number of pyridine rings is 1. The molecule has 0 unspecified atom stereocenters. The molecule has 8 nitrogen and oxygen atoms in total. The second-order valence-electron chi connectivity index (χ2n) is 9.20. The summed E-state index contributed by atoms with van der Waals surface area (Å²) >= 11 is 0. The average Bonchev–Trinajstić information content (AvgIpc) is 3.31. The number of benzene rings is 1. The number of nitrogens with zero attached hydrogens (tertiary/aromatic N) is 2. The molecule has 0 bridgehead atoms. The minimum Gasteiger partial charge on any atom is -0.487 e. The van der Waals surface area contributed by atoms with Gasteiger partial charge in [0.15, 0.2) is 5.75 Å². The summed E-state index contributed by atoms with van der Waals surface area (Å²) in [7, 11) is 0. The summed E-state index contributed by atoms with van der Waals surface area (Å²) in [6, 6.07) is 1.36. The molecule has 3 aliphatic rings. The predicted octanol–water partition coefficient (Wildman–Crippen LogP) is 2.66. The summed E-state index contributed by atoms with van der Waals surface area (Å²) < 4.78 is 63.6. The third-order valence-electron chi connectivity index (χ3n) is 6.92. The van der Waals surface area contributed by atoms with Crippen LogP contribution in [0.1, 0.15) is 42.6 Å². The van der Waals surface area contributed by atoms with E-state index in [4.69, 9.17) is 10.5 Å². The lowest BCUT2D eigenvalue weighted by atomic mass is 9.97. The van der Waals surface area contributed by atoms with Gasteiger partial charge in [-0.15, -0.1) is 0 Å². The zero-order valence-electron chi connectivity index (χ0n) is 18.1. The van der Waals surface area contributed by atoms with E-state index < -0.39 is 41.1 Å². The maximum Gasteiger partial charge on any atom is 0.491 e. The van der Waals surface area contributed by atoms with Gasteiger partial charge in [-0.3, -0.25) is 9.36 Å². The lowest BCUT2D eigenvalue weighted by Gasteiger charge is -2.31. The van der Waals surface area contributed by atoms with Crippen LogP contribution in [-0.4, -0.2) is 47.9 Å². The third-order valence-corrected chi connectivity index (χ3v) is 6.92. The van der Waals surface area contributed by atoms with Crippen molar-refractivity contribution in [2.45, 2.75) is 43.9 Å². The van der Waals surface area contributed by atoms with Gasteiger partial charge in [-0.25, -0.2) is 14.0 Å². The van der Waals surface area contributed by atoms with Crippen LogP contribution in [-0.2, 0) is 9.53 Å². The number of halogens is 4. The fourth-order valence-electron chi connectivity index (χ4n) is 4.85. The van der Waals surface area contributed by atoms with Gasteiger partial charge in [-0.05, 0) is 38.2 Å². The number of hydrogen-bond donors (Lipinski definition) is 1. The summed E-state index contributed by atoms with van der Waals surface area (Å²) in [5, 5.41) is -0.204. The first kappa shape index (κ1) is 22.6.